The molecule has 3 atom stereocenters. The highest BCUT2D eigenvalue weighted by Gasteiger charge is 2.44. The maximum Gasteiger partial charge on any atom is 0.252 e. The number of benzene rings is 2. The molecular weight excluding hydrogens is 599 g/mol. The fraction of sp³-hybridized carbons (Fsp3) is 0.462. The first kappa shape index (κ1) is 33.2. The van der Waals surface area contributed by atoms with E-state index in [-0.39, 0.29) is 43.8 Å². The lowest BCUT2D eigenvalue weighted by molar-refractivity contribution is -0.161. The molecular formula is C26H34Cl2N4O8S. The van der Waals surface area contributed by atoms with Crippen LogP contribution in [0.15, 0.2) is 41.3 Å². The van der Waals surface area contributed by atoms with Gasteiger partial charge >= 0.3 is 0 Å². The number of carbonyl (C=O) groups is 2. The molecule has 1 heterocycles. The molecule has 0 saturated carbocycles. The number of sulfonamides is 1. The number of primary amides is 2. The van der Waals surface area contributed by atoms with Gasteiger partial charge in [0.05, 0.1) is 31.3 Å². The zero-order valence-electron chi connectivity index (χ0n) is 22.4. The fourth-order valence-corrected chi connectivity index (χ4v) is 6.10. The molecule has 2 aromatic rings. The number of ether oxygens (including phenoxy) is 2. The topological polar surface area (TPSA) is 195 Å². The Morgan fingerprint density at radius 1 is 1.12 bits per heavy atom. The van der Waals surface area contributed by atoms with Crippen LogP contribution < -0.4 is 16.2 Å². The molecule has 2 aromatic carbocycles. The summed E-state index contributed by atoms with van der Waals surface area (Å²) >= 11 is 12.7. The molecule has 0 aromatic heterocycles. The number of halogens is 2. The van der Waals surface area contributed by atoms with E-state index in [1.807, 2.05) is 13.1 Å². The van der Waals surface area contributed by atoms with Gasteiger partial charge in [0.25, 0.3) is 5.91 Å². The summed E-state index contributed by atoms with van der Waals surface area (Å²) in [5, 5.41) is 20.9. The molecule has 7 N–H and O–H groups in total. The van der Waals surface area contributed by atoms with E-state index in [1.165, 1.54) is 0 Å². The minimum Gasteiger partial charge on any atom is -0.380 e. The van der Waals surface area contributed by atoms with Crippen molar-refractivity contribution in [3.05, 3.63) is 63.1 Å². The predicted molar refractivity (Wildman–Crippen MR) is 152 cm³/mol. The standard InChI is InChI=1S/C26H34Cl2N4O8S/c1-32-14-20(19-12-17(27)13-22(28)21(19)15-32)16-2-4-18(5-3-16)41(37,38)31-7-9-40-11-10-39-8-6-26(36,25(30)35)23(33)24(29)34/h2-5,12-13,20,23,31,33,36H,6-11,14-15H2,1H3,(H2,29,34)(H2,30,35). The Morgan fingerprint density at radius 2 is 1.76 bits per heavy atom. The zero-order valence-corrected chi connectivity index (χ0v) is 24.7. The number of aliphatic hydroxyl groups excluding tert-OH is 1. The van der Waals surface area contributed by atoms with Crippen molar-refractivity contribution < 1.29 is 37.7 Å². The van der Waals surface area contributed by atoms with Crippen molar-refractivity contribution in [3.8, 4) is 0 Å². The Hall–Kier alpha value is -2.33. The normalized spacial score (nSPS) is 17.9. The lowest BCUT2D eigenvalue weighted by Crippen LogP contribution is -2.58. The molecule has 41 heavy (non-hydrogen) atoms. The Kier molecular flexibility index (Phi) is 11.5. The van der Waals surface area contributed by atoms with Crippen LogP contribution in [0.2, 0.25) is 10.0 Å². The second kappa shape index (κ2) is 14.2. The van der Waals surface area contributed by atoms with Crippen LogP contribution in [0.4, 0.5) is 0 Å². The number of likely N-dealkylation sites (N-methyl/N-ethyl adjacent to an activating group) is 1. The van der Waals surface area contributed by atoms with E-state index in [9.17, 15) is 28.2 Å². The van der Waals surface area contributed by atoms with Crippen molar-refractivity contribution in [3.63, 3.8) is 0 Å². The van der Waals surface area contributed by atoms with Crippen molar-refractivity contribution in [2.75, 3.05) is 46.6 Å². The van der Waals surface area contributed by atoms with Crippen LogP contribution in [0, 0.1) is 0 Å². The van der Waals surface area contributed by atoms with Crippen LogP contribution >= 0.6 is 23.2 Å². The summed E-state index contributed by atoms with van der Waals surface area (Å²) in [4.78, 5) is 24.8. The van der Waals surface area contributed by atoms with Crippen molar-refractivity contribution in [1.29, 1.82) is 0 Å². The van der Waals surface area contributed by atoms with Gasteiger partial charge in [-0.1, -0.05) is 35.3 Å². The summed E-state index contributed by atoms with van der Waals surface area (Å²) in [5.41, 5.74) is 10.4. The van der Waals surface area contributed by atoms with Gasteiger partial charge in [0.15, 0.2) is 11.7 Å². The Bertz CT molecular complexity index is 1350. The summed E-state index contributed by atoms with van der Waals surface area (Å²) < 4.78 is 38.5. The van der Waals surface area contributed by atoms with Crippen LogP contribution in [-0.2, 0) is 35.6 Å². The SMILES string of the molecule is CN1Cc2c(Cl)cc(Cl)cc2C(c2ccc(S(=O)(=O)NCCOCCOCCC(O)(C(N)=O)C(O)C(N)=O)cc2)C1. The highest BCUT2D eigenvalue weighted by Crippen LogP contribution is 2.38. The Morgan fingerprint density at radius 3 is 2.37 bits per heavy atom. The molecule has 3 unspecified atom stereocenters. The van der Waals surface area contributed by atoms with E-state index < -0.39 is 40.0 Å². The van der Waals surface area contributed by atoms with Crippen molar-refractivity contribution in [1.82, 2.24) is 9.62 Å². The summed E-state index contributed by atoms with van der Waals surface area (Å²) in [6, 6.07) is 10.3. The number of aliphatic hydroxyl groups is 2. The van der Waals surface area contributed by atoms with Gasteiger partial charge in [0, 0.05) is 42.0 Å². The molecule has 1 aliphatic rings. The average Bonchev–Trinajstić information content (AvgIpc) is 2.91. The second-order valence-corrected chi connectivity index (χ2v) is 12.4. The lowest BCUT2D eigenvalue weighted by Gasteiger charge is -2.33. The zero-order chi connectivity index (χ0) is 30.4. The van der Waals surface area contributed by atoms with E-state index >= 15 is 0 Å². The fourth-order valence-electron chi connectivity index (χ4n) is 4.52. The number of nitrogens with one attached hydrogen (secondary N) is 1. The van der Waals surface area contributed by atoms with Gasteiger partial charge in [-0.15, -0.1) is 0 Å². The molecule has 0 bridgehead atoms. The monoisotopic (exact) mass is 632 g/mol. The molecule has 226 valence electrons. The van der Waals surface area contributed by atoms with Gasteiger partial charge in [0.2, 0.25) is 15.9 Å². The Balaban J connectivity index is 1.44. The minimum absolute atomic E-state index is 0.00804. The van der Waals surface area contributed by atoms with Crippen LogP contribution in [0.25, 0.3) is 0 Å². The van der Waals surface area contributed by atoms with Crippen LogP contribution in [0.1, 0.15) is 29.0 Å². The molecule has 0 radical (unpaired) electrons. The van der Waals surface area contributed by atoms with Gasteiger partial charge < -0.3 is 36.1 Å². The number of hydrogen-bond donors (Lipinski definition) is 5. The second-order valence-electron chi connectivity index (χ2n) is 9.74. The van der Waals surface area contributed by atoms with E-state index in [0.29, 0.717) is 16.6 Å². The molecule has 2 amide bonds. The van der Waals surface area contributed by atoms with Gasteiger partial charge in [-0.25, -0.2) is 13.1 Å². The summed E-state index contributed by atoms with van der Waals surface area (Å²) in [6.07, 6.45) is -2.64. The molecule has 0 fully saturated rings. The largest absolute Gasteiger partial charge is 0.380 e. The van der Waals surface area contributed by atoms with Crippen molar-refractivity contribution >= 4 is 45.0 Å². The summed E-state index contributed by atoms with van der Waals surface area (Å²) in [6.45, 7) is 1.38. The van der Waals surface area contributed by atoms with E-state index in [0.717, 1.165) is 23.2 Å². The van der Waals surface area contributed by atoms with E-state index in [1.54, 1.807) is 30.3 Å². The summed E-state index contributed by atoms with van der Waals surface area (Å²) in [5.74, 6) is -2.63. The van der Waals surface area contributed by atoms with Crippen molar-refractivity contribution in [2.45, 2.75) is 35.5 Å². The maximum absolute atomic E-state index is 12.7. The summed E-state index contributed by atoms with van der Waals surface area (Å²) in [7, 11) is -1.78. The van der Waals surface area contributed by atoms with E-state index in [4.69, 9.17) is 44.1 Å². The van der Waals surface area contributed by atoms with Gasteiger partial charge in [-0.2, -0.15) is 0 Å². The number of nitrogens with zero attached hydrogens (tertiary/aromatic N) is 1. The smallest absolute Gasteiger partial charge is 0.252 e. The average molecular weight is 634 g/mol. The van der Waals surface area contributed by atoms with Crippen LogP contribution in [0.5, 0.6) is 0 Å². The van der Waals surface area contributed by atoms with Crippen molar-refractivity contribution in [2.24, 2.45) is 11.5 Å². The molecule has 15 heteroatoms. The number of fused-ring (bicyclic) bond motifs is 1. The van der Waals surface area contributed by atoms with E-state index in [2.05, 4.69) is 9.62 Å². The third-order valence-corrected chi connectivity index (χ3v) is 8.80. The highest BCUT2D eigenvalue weighted by molar-refractivity contribution is 7.89. The maximum atomic E-state index is 12.7. The molecule has 3 rings (SSSR count). The number of amides is 2. The number of hydrogen-bond acceptors (Lipinski definition) is 9. The number of rotatable bonds is 15. The molecule has 12 nitrogen and oxygen atoms in total. The molecule has 0 spiro atoms. The Labute approximate surface area is 248 Å². The van der Waals surface area contributed by atoms with Gasteiger partial charge in [-0.05, 0) is 48.0 Å². The van der Waals surface area contributed by atoms with Gasteiger partial charge in [-0.3, -0.25) is 9.59 Å². The van der Waals surface area contributed by atoms with Gasteiger partial charge in [0.1, 0.15) is 0 Å². The quantitative estimate of drug-likeness (QED) is 0.172. The van der Waals surface area contributed by atoms with Crippen LogP contribution in [0.3, 0.4) is 0 Å². The number of carbonyl (C=O) groups excluding carboxylic acids is 2. The molecule has 1 aliphatic heterocycles. The first-order valence-corrected chi connectivity index (χ1v) is 14.9. The third kappa shape index (κ3) is 8.37. The predicted octanol–water partition coefficient (Wildman–Crippen LogP) is 0.335. The van der Waals surface area contributed by atoms with Crippen LogP contribution in [-0.4, -0.2) is 93.6 Å². The lowest BCUT2D eigenvalue weighted by atomic mass is 9.85. The molecule has 0 saturated heterocycles. The first-order valence-electron chi connectivity index (χ1n) is 12.7. The minimum atomic E-state index is -3.78. The third-order valence-electron chi connectivity index (χ3n) is 6.77. The highest BCUT2D eigenvalue weighted by atomic mass is 35.5. The number of nitrogens with two attached hydrogens (primary N) is 2. The first-order chi connectivity index (χ1) is 19.3. The molecule has 0 aliphatic carbocycles.